The summed E-state index contributed by atoms with van der Waals surface area (Å²) >= 11 is 0. The van der Waals surface area contributed by atoms with Crippen molar-refractivity contribution in [2.45, 2.75) is 32.3 Å². The maximum Gasteiger partial charge on any atom is 0.338 e. The molecule has 1 aliphatic rings. The minimum atomic E-state index is -0.426. The lowest BCUT2D eigenvalue weighted by Crippen LogP contribution is -2.42. The molecule has 0 unspecified atom stereocenters. The molecular formula is C19H23NO2. The molecule has 0 amide bonds. The molecule has 1 heterocycles. The Labute approximate surface area is 131 Å². The van der Waals surface area contributed by atoms with E-state index in [1.807, 2.05) is 56.3 Å². The van der Waals surface area contributed by atoms with Crippen LogP contribution < -0.4 is 5.32 Å². The predicted molar refractivity (Wildman–Crippen MR) is 89.0 cm³/mol. The number of carbonyl (C=O) groups excluding carboxylic acids is 1. The van der Waals surface area contributed by atoms with E-state index < -0.39 is 5.60 Å². The van der Waals surface area contributed by atoms with E-state index >= 15 is 0 Å². The summed E-state index contributed by atoms with van der Waals surface area (Å²) < 4.78 is 5.85. The number of hydrogen-bond acceptors (Lipinski definition) is 3. The van der Waals surface area contributed by atoms with Crippen LogP contribution in [0.15, 0.2) is 42.5 Å². The van der Waals surface area contributed by atoms with Crippen molar-refractivity contribution >= 4 is 16.7 Å². The fourth-order valence-corrected chi connectivity index (χ4v) is 3.21. The van der Waals surface area contributed by atoms with E-state index in [0.717, 1.165) is 36.7 Å². The van der Waals surface area contributed by atoms with Gasteiger partial charge in [-0.15, -0.1) is 0 Å². The summed E-state index contributed by atoms with van der Waals surface area (Å²) in [7, 11) is 0. The minimum Gasteiger partial charge on any atom is -0.456 e. The highest BCUT2D eigenvalue weighted by Crippen LogP contribution is 2.30. The number of piperidine rings is 1. The van der Waals surface area contributed by atoms with Gasteiger partial charge in [0, 0.05) is 5.92 Å². The largest absolute Gasteiger partial charge is 0.456 e. The van der Waals surface area contributed by atoms with Crippen LogP contribution in [0.25, 0.3) is 10.8 Å². The molecule has 3 heteroatoms. The van der Waals surface area contributed by atoms with Gasteiger partial charge in [-0.3, -0.25) is 0 Å². The molecule has 1 aliphatic heterocycles. The average Bonchev–Trinajstić information content (AvgIpc) is 2.55. The third kappa shape index (κ3) is 3.14. The van der Waals surface area contributed by atoms with Crippen molar-refractivity contribution < 1.29 is 9.53 Å². The molecule has 0 aliphatic carbocycles. The van der Waals surface area contributed by atoms with Gasteiger partial charge in [0.15, 0.2) is 0 Å². The van der Waals surface area contributed by atoms with Gasteiger partial charge < -0.3 is 10.1 Å². The second-order valence-electron chi connectivity index (χ2n) is 6.58. The van der Waals surface area contributed by atoms with Crippen LogP contribution in [-0.2, 0) is 4.74 Å². The maximum atomic E-state index is 12.5. The van der Waals surface area contributed by atoms with Gasteiger partial charge >= 0.3 is 5.97 Å². The Kier molecular flexibility index (Phi) is 4.16. The number of carbonyl (C=O) groups is 1. The molecule has 1 N–H and O–H groups in total. The van der Waals surface area contributed by atoms with Crippen molar-refractivity contribution in [3.05, 3.63) is 48.0 Å². The van der Waals surface area contributed by atoms with Crippen LogP contribution in [-0.4, -0.2) is 24.7 Å². The monoisotopic (exact) mass is 297 g/mol. The van der Waals surface area contributed by atoms with Crippen molar-refractivity contribution in [3.63, 3.8) is 0 Å². The highest BCUT2D eigenvalue weighted by molar-refractivity contribution is 5.95. The van der Waals surface area contributed by atoms with Crippen LogP contribution >= 0.6 is 0 Å². The highest BCUT2D eigenvalue weighted by atomic mass is 16.6. The first-order valence-electron chi connectivity index (χ1n) is 7.99. The SMILES string of the molecule is CC(C)(OC(=O)c1ccc2ccccc2c1)C1CCNCC1. The molecule has 1 saturated heterocycles. The molecular weight excluding hydrogens is 274 g/mol. The average molecular weight is 297 g/mol. The van der Waals surface area contributed by atoms with Crippen molar-refractivity contribution in [2.75, 3.05) is 13.1 Å². The van der Waals surface area contributed by atoms with E-state index in [9.17, 15) is 4.79 Å². The van der Waals surface area contributed by atoms with Gasteiger partial charge in [0.25, 0.3) is 0 Å². The fraction of sp³-hybridized carbons (Fsp3) is 0.421. The Bertz CT molecular complexity index is 672. The third-order valence-electron chi connectivity index (χ3n) is 4.66. The Morgan fingerprint density at radius 2 is 1.77 bits per heavy atom. The van der Waals surface area contributed by atoms with Gasteiger partial charge in [-0.25, -0.2) is 4.79 Å². The summed E-state index contributed by atoms with van der Waals surface area (Å²) in [6.07, 6.45) is 2.11. The molecule has 2 aromatic carbocycles. The van der Waals surface area contributed by atoms with Crippen molar-refractivity contribution in [3.8, 4) is 0 Å². The fourth-order valence-electron chi connectivity index (χ4n) is 3.21. The summed E-state index contributed by atoms with van der Waals surface area (Å²) in [5, 5.41) is 5.55. The molecule has 22 heavy (non-hydrogen) atoms. The lowest BCUT2D eigenvalue weighted by atomic mass is 9.83. The van der Waals surface area contributed by atoms with E-state index in [4.69, 9.17) is 4.74 Å². The number of hydrogen-bond donors (Lipinski definition) is 1. The number of rotatable bonds is 3. The van der Waals surface area contributed by atoms with Crippen molar-refractivity contribution in [1.82, 2.24) is 5.32 Å². The number of ether oxygens (including phenoxy) is 1. The van der Waals surface area contributed by atoms with E-state index in [2.05, 4.69) is 5.32 Å². The third-order valence-corrected chi connectivity index (χ3v) is 4.66. The van der Waals surface area contributed by atoms with Crippen LogP contribution in [0.1, 0.15) is 37.0 Å². The second-order valence-corrected chi connectivity index (χ2v) is 6.58. The molecule has 0 atom stereocenters. The summed E-state index contributed by atoms with van der Waals surface area (Å²) in [6.45, 7) is 6.06. The van der Waals surface area contributed by atoms with Crippen LogP contribution in [0.5, 0.6) is 0 Å². The molecule has 116 valence electrons. The van der Waals surface area contributed by atoms with E-state index in [-0.39, 0.29) is 5.97 Å². The number of esters is 1. The van der Waals surface area contributed by atoms with Crippen LogP contribution in [0.2, 0.25) is 0 Å². The summed E-state index contributed by atoms with van der Waals surface area (Å²) in [5.41, 5.74) is 0.200. The van der Waals surface area contributed by atoms with Gasteiger partial charge in [-0.05, 0) is 62.7 Å². The van der Waals surface area contributed by atoms with Crippen molar-refractivity contribution in [1.29, 1.82) is 0 Å². The first kappa shape index (κ1) is 15.0. The highest BCUT2D eigenvalue weighted by Gasteiger charge is 2.34. The first-order valence-corrected chi connectivity index (χ1v) is 7.99. The molecule has 3 rings (SSSR count). The van der Waals surface area contributed by atoms with Gasteiger partial charge in [0.1, 0.15) is 5.60 Å². The molecule has 0 radical (unpaired) electrons. The Hall–Kier alpha value is -1.87. The standard InChI is InChI=1S/C19H23NO2/c1-19(2,17-9-11-20-12-10-17)22-18(21)16-8-7-14-5-3-4-6-15(14)13-16/h3-8,13,17,20H,9-12H2,1-2H3. The van der Waals surface area contributed by atoms with Gasteiger partial charge in [-0.2, -0.15) is 0 Å². The quantitative estimate of drug-likeness (QED) is 0.876. The van der Waals surface area contributed by atoms with Gasteiger partial charge in [0.2, 0.25) is 0 Å². The lowest BCUT2D eigenvalue weighted by molar-refractivity contribution is -0.0368. The van der Waals surface area contributed by atoms with E-state index in [1.54, 1.807) is 0 Å². The van der Waals surface area contributed by atoms with Crippen LogP contribution in [0.3, 0.4) is 0 Å². The number of benzene rings is 2. The Morgan fingerprint density at radius 1 is 1.09 bits per heavy atom. The minimum absolute atomic E-state index is 0.228. The van der Waals surface area contributed by atoms with E-state index in [0.29, 0.717) is 11.5 Å². The molecule has 2 aromatic rings. The Morgan fingerprint density at radius 3 is 2.50 bits per heavy atom. The Balaban J connectivity index is 1.77. The lowest BCUT2D eigenvalue weighted by Gasteiger charge is -2.36. The van der Waals surface area contributed by atoms with E-state index in [1.165, 1.54) is 0 Å². The van der Waals surface area contributed by atoms with Gasteiger partial charge in [-0.1, -0.05) is 30.3 Å². The van der Waals surface area contributed by atoms with Crippen molar-refractivity contribution in [2.24, 2.45) is 5.92 Å². The smallest absolute Gasteiger partial charge is 0.338 e. The zero-order valence-electron chi connectivity index (χ0n) is 13.3. The molecule has 0 aromatic heterocycles. The van der Waals surface area contributed by atoms with Crippen LogP contribution in [0, 0.1) is 5.92 Å². The molecule has 1 fully saturated rings. The topological polar surface area (TPSA) is 38.3 Å². The maximum absolute atomic E-state index is 12.5. The zero-order valence-corrected chi connectivity index (χ0v) is 13.3. The second kappa shape index (κ2) is 6.09. The molecule has 0 bridgehead atoms. The van der Waals surface area contributed by atoms with Gasteiger partial charge in [0.05, 0.1) is 5.56 Å². The summed E-state index contributed by atoms with van der Waals surface area (Å²) in [4.78, 5) is 12.5. The van der Waals surface area contributed by atoms with Crippen LogP contribution in [0.4, 0.5) is 0 Å². The molecule has 0 spiro atoms. The number of nitrogens with one attached hydrogen (secondary N) is 1. The molecule has 0 saturated carbocycles. The summed E-state index contributed by atoms with van der Waals surface area (Å²) in [6, 6.07) is 13.8. The first-order chi connectivity index (χ1) is 10.6. The summed E-state index contributed by atoms with van der Waals surface area (Å²) in [5.74, 6) is 0.187. The molecule has 3 nitrogen and oxygen atoms in total. The normalized spacial score (nSPS) is 16.6. The predicted octanol–water partition coefficient (Wildman–Crippen LogP) is 3.77. The number of fused-ring (bicyclic) bond motifs is 1. The zero-order chi connectivity index (χ0) is 15.6.